The Kier molecular flexibility index (Phi) is 8.29. The maximum atomic E-state index is 14.0. The molecule has 0 unspecified atom stereocenters. The molecule has 0 amide bonds. The van der Waals surface area contributed by atoms with Crippen LogP contribution in [0.1, 0.15) is 39.5 Å². The van der Waals surface area contributed by atoms with Gasteiger partial charge in [0.05, 0.1) is 22.8 Å². The van der Waals surface area contributed by atoms with E-state index < -0.39 is 0 Å². The monoisotopic (exact) mass is 545 g/mol. The number of rotatable bonds is 9. The smallest absolute Gasteiger partial charge is 0.123 e. The average molecular weight is 546 g/mol. The molecule has 208 valence electrons. The minimum absolute atomic E-state index is 0.285. The summed E-state index contributed by atoms with van der Waals surface area (Å²) >= 11 is 0. The number of aromatic nitrogens is 4. The molecular formula is C35H36FN5. The van der Waals surface area contributed by atoms with Crippen molar-refractivity contribution in [1.29, 1.82) is 0 Å². The van der Waals surface area contributed by atoms with Crippen molar-refractivity contribution in [3.8, 4) is 22.5 Å². The molecule has 1 aliphatic carbocycles. The van der Waals surface area contributed by atoms with E-state index in [0.717, 1.165) is 66.5 Å². The van der Waals surface area contributed by atoms with Crippen LogP contribution in [-0.4, -0.2) is 20.2 Å². The Bertz CT molecular complexity index is 1810. The lowest BCUT2D eigenvalue weighted by molar-refractivity contribution is 0.607. The largest absolute Gasteiger partial charge is 0.359 e. The van der Waals surface area contributed by atoms with Crippen LogP contribution in [0.4, 0.5) is 4.39 Å². The molecular weight excluding hydrogens is 509 g/mol. The summed E-state index contributed by atoms with van der Waals surface area (Å²) in [6, 6.07) is 8.59. The third kappa shape index (κ3) is 5.92. The number of halogens is 1. The van der Waals surface area contributed by atoms with Crippen molar-refractivity contribution in [3.05, 3.63) is 120 Å². The molecule has 4 aromatic rings. The van der Waals surface area contributed by atoms with Crippen molar-refractivity contribution >= 4 is 23.1 Å². The summed E-state index contributed by atoms with van der Waals surface area (Å²) in [7, 11) is 0. The van der Waals surface area contributed by atoms with Crippen molar-refractivity contribution in [2.75, 3.05) is 0 Å². The summed E-state index contributed by atoms with van der Waals surface area (Å²) in [6.07, 6.45) is 18.4. The molecule has 3 N–H and O–H groups in total. The predicted molar refractivity (Wildman–Crippen MR) is 168 cm³/mol. The van der Waals surface area contributed by atoms with Crippen LogP contribution >= 0.6 is 0 Å². The van der Waals surface area contributed by atoms with Gasteiger partial charge in [0.1, 0.15) is 11.5 Å². The summed E-state index contributed by atoms with van der Waals surface area (Å²) < 4.78 is 14.0. The molecule has 0 aliphatic heterocycles. The Balaban J connectivity index is 1.51. The van der Waals surface area contributed by atoms with Gasteiger partial charge in [-0.25, -0.2) is 4.39 Å². The predicted octanol–water partition coefficient (Wildman–Crippen LogP) is 7.21. The zero-order valence-corrected chi connectivity index (χ0v) is 23.7. The van der Waals surface area contributed by atoms with Gasteiger partial charge in [-0.15, -0.1) is 0 Å². The minimum atomic E-state index is -0.285. The highest BCUT2D eigenvalue weighted by Crippen LogP contribution is 2.31. The molecule has 41 heavy (non-hydrogen) atoms. The highest BCUT2D eigenvalue weighted by atomic mass is 19.1. The van der Waals surface area contributed by atoms with Crippen LogP contribution in [0, 0.1) is 11.7 Å². The maximum absolute atomic E-state index is 14.0. The van der Waals surface area contributed by atoms with Crippen LogP contribution in [0.25, 0.3) is 45.6 Å². The van der Waals surface area contributed by atoms with Crippen LogP contribution in [0.15, 0.2) is 103 Å². The van der Waals surface area contributed by atoms with Crippen LogP contribution < -0.4 is 15.9 Å². The van der Waals surface area contributed by atoms with Crippen molar-refractivity contribution in [2.24, 2.45) is 5.92 Å². The standard InChI is InChI=1S/C35H36FN5/c1-6-24(18-28(7-2)38-23(5)25-12-9-10-13-25)22(4)16-30-32(8-3)40-41-35(30)33-19-29-31(20-37-21-34(29)39-33)26-14-11-15-27(36)17-26/h6-8,11,14-21,25,38-40H,2,4-5,9-10,12-13H2,1,3H3/b24-6+,28-18+,30-16+,32-8+. The highest BCUT2D eigenvalue weighted by molar-refractivity contribution is 5.97. The Hall–Kier alpha value is -4.71. The Morgan fingerprint density at radius 1 is 1.12 bits per heavy atom. The second-order valence-electron chi connectivity index (χ2n) is 10.4. The lowest BCUT2D eigenvalue weighted by atomic mass is 10.0. The van der Waals surface area contributed by atoms with E-state index in [4.69, 9.17) is 0 Å². The number of benzene rings is 1. The van der Waals surface area contributed by atoms with Gasteiger partial charge in [-0.05, 0) is 85.7 Å². The van der Waals surface area contributed by atoms with Gasteiger partial charge in [0.2, 0.25) is 0 Å². The molecule has 0 atom stereocenters. The second-order valence-corrected chi connectivity index (χ2v) is 10.4. The van der Waals surface area contributed by atoms with Gasteiger partial charge in [0.25, 0.3) is 0 Å². The van der Waals surface area contributed by atoms with E-state index in [-0.39, 0.29) is 5.82 Å². The molecule has 5 nitrogen and oxygen atoms in total. The quantitative estimate of drug-likeness (QED) is 0.195. The van der Waals surface area contributed by atoms with Gasteiger partial charge >= 0.3 is 0 Å². The first kappa shape index (κ1) is 27.8. The first-order valence-corrected chi connectivity index (χ1v) is 14.0. The van der Waals surface area contributed by atoms with Gasteiger partial charge in [0, 0.05) is 33.8 Å². The number of nitrogens with one attached hydrogen (secondary N) is 3. The van der Waals surface area contributed by atoms with E-state index in [1.54, 1.807) is 18.5 Å². The third-order valence-electron chi connectivity index (χ3n) is 7.74. The number of hydrogen-bond donors (Lipinski definition) is 3. The van der Waals surface area contributed by atoms with Crippen molar-refractivity contribution in [2.45, 2.75) is 39.5 Å². The number of H-pyrrole nitrogens is 2. The Labute approximate surface area is 240 Å². The highest BCUT2D eigenvalue weighted by Gasteiger charge is 2.18. The van der Waals surface area contributed by atoms with Gasteiger partial charge in [0.15, 0.2) is 0 Å². The lowest BCUT2D eigenvalue weighted by Crippen LogP contribution is -2.23. The summed E-state index contributed by atoms with van der Waals surface area (Å²) in [5.74, 6) is 0.221. The fraction of sp³-hybridized carbons (Fsp3) is 0.200. The molecule has 5 rings (SSSR count). The first-order valence-electron chi connectivity index (χ1n) is 14.0. The molecule has 1 aliphatic rings. The third-order valence-corrected chi connectivity index (χ3v) is 7.74. The SMILES string of the molecule is C=C/C(=C\C(=C/C)C(=C)/C=c1/c(-c2cc3c(-c4cccc(F)c4)cncc3[nH]2)n[nH]/c1=C/C)NC(=C)C1CCCC1. The van der Waals surface area contributed by atoms with E-state index in [2.05, 4.69) is 51.3 Å². The lowest BCUT2D eigenvalue weighted by Gasteiger charge is -2.16. The number of allylic oxidation sites excluding steroid dienone is 6. The zero-order valence-electron chi connectivity index (χ0n) is 23.7. The number of aromatic amines is 2. The summed E-state index contributed by atoms with van der Waals surface area (Å²) in [5.41, 5.74) is 7.80. The molecule has 0 bridgehead atoms. The maximum Gasteiger partial charge on any atom is 0.123 e. The molecule has 0 saturated heterocycles. The van der Waals surface area contributed by atoms with Crippen LogP contribution in [0.2, 0.25) is 0 Å². The van der Waals surface area contributed by atoms with Gasteiger partial charge < -0.3 is 10.3 Å². The molecule has 0 radical (unpaired) electrons. The van der Waals surface area contributed by atoms with Crippen molar-refractivity contribution < 1.29 is 4.39 Å². The fourth-order valence-corrected chi connectivity index (χ4v) is 5.49. The summed E-state index contributed by atoms with van der Waals surface area (Å²) in [4.78, 5) is 7.85. The fourth-order valence-electron chi connectivity index (χ4n) is 5.49. The molecule has 3 heterocycles. The molecule has 6 heteroatoms. The van der Waals surface area contributed by atoms with Crippen LogP contribution in [-0.2, 0) is 0 Å². The average Bonchev–Trinajstić information content (AvgIpc) is 3.74. The molecule has 1 aromatic carbocycles. The number of hydrogen-bond acceptors (Lipinski definition) is 3. The first-order chi connectivity index (χ1) is 19.9. The Morgan fingerprint density at radius 3 is 2.63 bits per heavy atom. The van der Waals surface area contributed by atoms with Gasteiger partial charge in [-0.1, -0.05) is 56.9 Å². The van der Waals surface area contributed by atoms with Gasteiger partial charge in [-0.3, -0.25) is 10.1 Å². The Morgan fingerprint density at radius 2 is 1.93 bits per heavy atom. The van der Waals surface area contributed by atoms with Gasteiger partial charge in [-0.2, -0.15) is 5.10 Å². The molecule has 0 spiro atoms. The number of nitrogens with zero attached hydrogens (tertiary/aromatic N) is 2. The van der Waals surface area contributed by atoms with Crippen molar-refractivity contribution in [3.63, 3.8) is 0 Å². The summed E-state index contributed by atoms with van der Waals surface area (Å²) in [5, 5.41) is 14.0. The van der Waals surface area contributed by atoms with Crippen LogP contribution in [0.3, 0.4) is 0 Å². The number of fused-ring (bicyclic) bond motifs is 1. The van der Waals surface area contributed by atoms with E-state index in [9.17, 15) is 4.39 Å². The molecule has 3 aromatic heterocycles. The topological polar surface area (TPSA) is 69.4 Å². The second kappa shape index (κ2) is 12.2. The summed E-state index contributed by atoms with van der Waals surface area (Å²) in [6.45, 7) is 16.7. The van der Waals surface area contributed by atoms with E-state index in [1.807, 2.05) is 50.3 Å². The molecule has 1 fully saturated rings. The normalized spacial score (nSPS) is 15.6. The van der Waals surface area contributed by atoms with Crippen LogP contribution in [0.5, 0.6) is 0 Å². The van der Waals surface area contributed by atoms with E-state index in [0.29, 0.717) is 5.92 Å². The van der Waals surface area contributed by atoms with E-state index >= 15 is 0 Å². The van der Waals surface area contributed by atoms with Crippen molar-refractivity contribution in [1.82, 2.24) is 25.5 Å². The van der Waals surface area contributed by atoms with E-state index in [1.165, 1.54) is 37.8 Å². The minimum Gasteiger partial charge on any atom is -0.359 e. The zero-order chi connectivity index (χ0) is 28.9. The molecule has 1 saturated carbocycles. The number of pyridine rings is 1.